The van der Waals surface area contributed by atoms with Crippen molar-refractivity contribution in [1.29, 1.82) is 0 Å². The van der Waals surface area contributed by atoms with Crippen LogP contribution in [-0.4, -0.2) is 69.0 Å². The van der Waals surface area contributed by atoms with Gasteiger partial charge in [-0.05, 0) is 51.8 Å². The average Bonchev–Trinajstić information content (AvgIpc) is 2.92. The van der Waals surface area contributed by atoms with Crippen LogP contribution in [0.25, 0.3) is 0 Å². The monoisotopic (exact) mass is 347 g/mol. The van der Waals surface area contributed by atoms with E-state index in [-0.39, 0.29) is 18.2 Å². The molecule has 3 fully saturated rings. The van der Waals surface area contributed by atoms with Gasteiger partial charge in [0.05, 0.1) is 17.1 Å². The number of hydrogen-bond donors (Lipinski definition) is 3. The van der Waals surface area contributed by atoms with Gasteiger partial charge in [0.15, 0.2) is 11.4 Å². The van der Waals surface area contributed by atoms with Gasteiger partial charge in [0, 0.05) is 18.0 Å². The zero-order chi connectivity index (χ0) is 17.8. The van der Waals surface area contributed by atoms with Crippen molar-refractivity contribution in [3.8, 4) is 0 Å². The van der Waals surface area contributed by atoms with Crippen LogP contribution in [-0.2, 0) is 9.53 Å². The minimum absolute atomic E-state index is 0.0299. The van der Waals surface area contributed by atoms with Gasteiger partial charge in [-0.2, -0.15) is 0 Å². The van der Waals surface area contributed by atoms with Crippen LogP contribution in [0.3, 0.4) is 0 Å². The summed E-state index contributed by atoms with van der Waals surface area (Å²) in [6.07, 6.45) is 3.16. The van der Waals surface area contributed by atoms with Crippen molar-refractivity contribution in [1.82, 2.24) is 4.90 Å². The highest BCUT2D eigenvalue weighted by molar-refractivity contribution is 5.89. The first-order chi connectivity index (χ1) is 11.8. The Morgan fingerprint density at radius 3 is 2.84 bits per heavy atom. The number of aliphatic hydroxyl groups is 3. The predicted molar refractivity (Wildman–Crippen MR) is 88.5 cm³/mol. The highest BCUT2D eigenvalue weighted by Gasteiger charge is 2.74. The second kappa shape index (κ2) is 4.55. The molecule has 25 heavy (non-hydrogen) atoms. The molecule has 1 saturated heterocycles. The Morgan fingerprint density at radius 1 is 1.36 bits per heavy atom. The van der Waals surface area contributed by atoms with Crippen LogP contribution >= 0.6 is 0 Å². The van der Waals surface area contributed by atoms with Crippen molar-refractivity contribution in [3.05, 3.63) is 23.0 Å². The summed E-state index contributed by atoms with van der Waals surface area (Å²) in [5.41, 5.74) is -1.54. The Bertz CT molecular complexity index is 744. The number of carbonyl (C=O) groups is 1. The Morgan fingerprint density at radius 2 is 2.12 bits per heavy atom. The van der Waals surface area contributed by atoms with Crippen molar-refractivity contribution >= 4 is 5.78 Å². The van der Waals surface area contributed by atoms with Gasteiger partial charge in [0.25, 0.3) is 0 Å². The molecule has 1 unspecified atom stereocenters. The molecular weight excluding hydrogens is 322 g/mol. The Balaban J connectivity index is 1.79. The number of piperidine rings is 1. The average molecular weight is 347 g/mol. The Kier molecular flexibility index (Phi) is 2.91. The van der Waals surface area contributed by atoms with Gasteiger partial charge in [0.1, 0.15) is 11.9 Å². The second-order valence-corrected chi connectivity index (χ2v) is 8.54. The van der Waals surface area contributed by atoms with Crippen molar-refractivity contribution in [2.24, 2.45) is 5.41 Å². The molecule has 3 aliphatic carbocycles. The summed E-state index contributed by atoms with van der Waals surface area (Å²) in [6.45, 7) is 2.17. The third-order valence-electron chi connectivity index (χ3n) is 7.63. The van der Waals surface area contributed by atoms with Crippen LogP contribution in [0.2, 0.25) is 0 Å². The predicted octanol–water partition coefficient (Wildman–Crippen LogP) is 0.269. The van der Waals surface area contributed by atoms with E-state index in [1.165, 1.54) is 6.92 Å². The molecule has 0 amide bonds. The summed E-state index contributed by atoms with van der Waals surface area (Å²) < 4.78 is 6.16. The number of nitrogens with zero attached hydrogens (tertiary/aromatic N) is 1. The SMILES string of the molecule is CC(=O)C1(O)CC=C2C[C@H]3N(C)CC[C@]45C2=C1O[C@H]4[C@@H](O)CC[C@@]35O. The Labute approximate surface area is 146 Å². The minimum Gasteiger partial charge on any atom is -0.487 e. The van der Waals surface area contributed by atoms with Gasteiger partial charge in [-0.1, -0.05) is 6.08 Å². The van der Waals surface area contributed by atoms with E-state index in [0.717, 1.165) is 17.7 Å². The first-order valence-electron chi connectivity index (χ1n) is 9.21. The summed E-state index contributed by atoms with van der Waals surface area (Å²) >= 11 is 0. The lowest BCUT2D eigenvalue weighted by Crippen LogP contribution is -2.74. The molecule has 0 aromatic rings. The number of aliphatic hydroxyl groups excluding tert-OH is 1. The summed E-state index contributed by atoms with van der Waals surface area (Å²) in [6, 6.07) is -0.0299. The van der Waals surface area contributed by atoms with Gasteiger partial charge < -0.3 is 25.0 Å². The molecule has 2 bridgehead atoms. The third-order valence-corrected chi connectivity index (χ3v) is 7.63. The van der Waals surface area contributed by atoms with Crippen molar-refractivity contribution in [3.63, 3.8) is 0 Å². The molecular formula is C19H25NO5. The van der Waals surface area contributed by atoms with Crippen molar-refractivity contribution in [2.75, 3.05) is 13.6 Å². The standard InChI is InChI=1S/C19H25NO5/c1-10(21)18(23)5-3-11-9-13-19(24)6-4-12(22)15-17(19,7-8-20(13)2)14(11)16(18)25-15/h3,12-13,15,22-24H,4-9H2,1-2H3/t12-,13+,15-,17-,18?,19+/m0/s1. The van der Waals surface area contributed by atoms with Crippen LogP contribution in [0.1, 0.15) is 39.0 Å². The van der Waals surface area contributed by atoms with Crippen molar-refractivity contribution in [2.45, 2.75) is 68.5 Å². The number of ether oxygens (including phenoxy) is 1. The smallest absolute Gasteiger partial charge is 0.183 e. The maximum Gasteiger partial charge on any atom is 0.183 e. The number of rotatable bonds is 1. The number of ketones is 1. The molecule has 3 N–H and O–H groups in total. The van der Waals surface area contributed by atoms with E-state index in [4.69, 9.17) is 4.74 Å². The fraction of sp³-hybridized carbons (Fsp3) is 0.737. The lowest BCUT2D eigenvalue weighted by Gasteiger charge is -2.64. The summed E-state index contributed by atoms with van der Waals surface area (Å²) in [7, 11) is 2.04. The quantitative estimate of drug-likeness (QED) is 0.631. The molecule has 5 aliphatic rings. The molecule has 136 valence electrons. The van der Waals surface area contributed by atoms with E-state index >= 15 is 0 Å². The molecule has 6 nitrogen and oxygen atoms in total. The summed E-state index contributed by atoms with van der Waals surface area (Å²) in [5, 5.41) is 33.6. The summed E-state index contributed by atoms with van der Waals surface area (Å²) in [4.78, 5) is 14.4. The number of hydrogen-bond acceptors (Lipinski definition) is 6. The molecule has 6 heteroatoms. The van der Waals surface area contributed by atoms with Gasteiger partial charge in [-0.15, -0.1) is 0 Å². The maximum atomic E-state index is 12.2. The van der Waals surface area contributed by atoms with Crippen LogP contribution in [0, 0.1) is 5.41 Å². The maximum absolute atomic E-state index is 12.2. The fourth-order valence-corrected chi connectivity index (χ4v) is 6.29. The van der Waals surface area contributed by atoms with Gasteiger partial charge in [-0.25, -0.2) is 0 Å². The molecule has 2 saturated carbocycles. The first kappa shape index (κ1) is 16.0. The summed E-state index contributed by atoms with van der Waals surface area (Å²) in [5.74, 6) is -0.0571. The third kappa shape index (κ3) is 1.55. The molecule has 2 heterocycles. The van der Waals surface area contributed by atoms with E-state index < -0.39 is 28.8 Å². The molecule has 0 aromatic carbocycles. The van der Waals surface area contributed by atoms with E-state index in [0.29, 0.717) is 31.4 Å². The number of Topliss-reactive ketones (excluding diaryl/α,β-unsaturated/α-hetero) is 1. The molecule has 0 radical (unpaired) electrons. The minimum atomic E-state index is -1.68. The zero-order valence-corrected chi connectivity index (χ0v) is 14.7. The normalized spacial score (nSPS) is 50.9. The molecule has 1 spiro atoms. The molecule has 2 aliphatic heterocycles. The zero-order valence-electron chi connectivity index (χ0n) is 14.7. The lowest BCUT2D eigenvalue weighted by atomic mass is 9.46. The molecule has 0 aromatic heterocycles. The van der Waals surface area contributed by atoms with E-state index in [1.54, 1.807) is 0 Å². The van der Waals surface area contributed by atoms with Crippen molar-refractivity contribution < 1.29 is 24.9 Å². The lowest BCUT2D eigenvalue weighted by molar-refractivity contribution is -0.233. The first-order valence-corrected chi connectivity index (χ1v) is 9.21. The topological polar surface area (TPSA) is 90.2 Å². The molecule has 5 rings (SSSR count). The van der Waals surface area contributed by atoms with E-state index in [1.807, 2.05) is 13.1 Å². The number of carbonyl (C=O) groups excluding carboxylic acids is 1. The number of likely N-dealkylation sites (N-methyl/N-ethyl adjacent to an activating group) is 1. The highest BCUT2D eigenvalue weighted by atomic mass is 16.5. The largest absolute Gasteiger partial charge is 0.487 e. The van der Waals surface area contributed by atoms with Crippen LogP contribution in [0.5, 0.6) is 0 Å². The fourth-order valence-electron chi connectivity index (χ4n) is 6.29. The highest BCUT2D eigenvalue weighted by Crippen LogP contribution is 2.68. The Hall–Kier alpha value is -1.21. The number of likely N-dealkylation sites (tertiary alicyclic amines) is 1. The van der Waals surface area contributed by atoms with Gasteiger partial charge in [0.2, 0.25) is 0 Å². The van der Waals surface area contributed by atoms with E-state index in [2.05, 4.69) is 4.90 Å². The van der Waals surface area contributed by atoms with Crippen LogP contribution < -0.4 is 0 Å². The van der Waals surface area contributed by atoms with Crippen LogP contribution in [0.4, 0.5) is 0 Å². The van der Waals surface area contributed by atoms with Gasteiger partial charge >= 0.3 is 0 Å². The second-order valence-electron chi connectivity index (χ2n) is 8.54. The van der Waals surface area contributed by atoms with Crippen LogP contribution in [0.15, 0.2) is 23.0 Å². The van der Waals surface area contributed by atoms with Gasteiger partial charge in [-0.3, -0.25) is 4.79 Å². The molecule has 6 atom stereocenters. The van der Waals surface area contributed by atoms with E-state index in [9.17, 15) is 20.1 Å².